The van der Waals surface area contributed by atoms with Crippen LogP contribution in [-0.4, -0.2) is 44.2 Å². The first-order valence-corrected chi connectivity index (χ1v) is 11.3. The van der Waals surface area contributed by atoms with Gasteiger partial charge in [-0.15, -0.1) is 0 Å². The Morgan fingerprint density at radius 1 is 0.838 bits per heavy atom. The zero-order valence-electron chi connectivity index (χ0n) is 20.2. The Kier molecular flexibility index (Phi) is 6.14. The molecule has 0 radical (unpaired) electrons. The van der Waals surface area contributed by atoms with Gasteiger partial charge in [-0.2, -0.15) is 0 Å². The molecule has 2 fully saturated rings. The van der Waals surface area contributed by atoms with Crippen LogP contribution < -0.4 is 24.2 Å². The number of non-ortho nitro benzene ring substituents is 1. The Hall–Kier alpha value is -4.64. The predicted octanol–water partition coefficient (Wildman–Crippen LogP) is 3.67. The van der Waals surface area contributed by atoms with Crippen LogP contribution in [0.15, 0.2) is 66.7 Å². The summed E-state index contributed by atoms with van der Waals surface area (Å²) in [5.74, 6) is -0.794. The maximum atomic E-state index is 13.8. The van der Waals surface area contributed by atoms with Gasteiger partial charge in [0.2, 0.25) is 11.7 Å². The molecule has 0 unspecified atom stereocenters. The number of carbonyl (C=O) groups is 2. The standard InChI is InChI=1S/C26H23N3O8/c1-34-19-13-15(14-20(35-2)23(19)36-3)22-21-24(37-28(22)17-7-5-4-6-8-17)26(31)27(25(21)30)16-9-11-18(12-10-16)29(32)33/h4-14,21-22,24H,1-3H3/t21-,22+,24-/m1/s1. The fourth-order valence-electron chi connectivity index (χ4n) is 4.80. The van der Waals surface area contributed by atoms with Gasteiger partial charge in [0.15, 0.2) is 17.6 Å². The molecule has 0 N–H and O–H groups in total. The van der Waals surface area contributed by atoms with E-state index in [0.717, 1.165) is 4.90 Å². The summed E-state index contributed by atoms with van der Waals surface area (Å²) >= 11 is 0. The highest BCUT2D eigenvalue weighted by Crippen LogP contribution is 2.50. The van der Waals surface area contributed by atoms with Crippen LogP contribution in [0.1, 0.15) is 11.6 Å². The first kappa shape index (κ1) is 24.1. The number of rotatable bonds is 7. The summed E-state index contributed by atoms with van der Waals surface area (Å²) in [6.45, 7) is 0. The van der Waals surface area contributed by atoms with E-state index in [-0.39, 0.29) is 11.4 Å². The average molecular weight is 505 g/mol. The smallest absolute Gasteiger partial charge is 0.269 e. The van der Waals surface area contributed by atoms with Crippen molar-refractivity contribution in [1.82, 2.24) is 0 Å². The fraction of sp³-hybridized carbons (Fsp3) is 0.231. The molecule has 2 heterocycles. The monoisotopic (exact) mass is 505 g/mol. The summed E-state index contributed by atoms with van der Waals surface area (Å²) in [6.07, 6.45) is -1.10. The molecule has 11 heteroatoms. The SMILES string of the molecule is COc1cc([C@H]2[C@H]3C(=O)N(c4ccc([N+](=O)[O-])cc4)C(=O)[C@@H]3ON2c2ccccc2)cc(OC)c1OC. The summed E-state index contributed by atoms with van der Waals surface area (Å²) in [5.41, 5.74) is 1.34. The molecule has 0 bridgehead atoms. The van der Waals surface area contributed by atoms with Gasteiger partial charge in [0.25, 0.3) is 11.6 Å². The molecule has 5 rings (SSSR count). The number of methoxy groups -OCH3 is 3. The van der Waals surface area contributed by atoms with Crippen LogP contribution in [0.5, 0.6) is 17.2 Å². The summed E-state index contributed by atoms with van der Waals surface area (Å²) < 4.78 is 16.5. The molecule has 3 aromatic carbocycles. The lowest BCUT2D eigenvalue weighted by Crippen LogP contribution is -2.37. The highest BCUT2D eigenvalue weighted by molar-refractivity contribution is 6.24. The molecule has 2 aliphatic heterocycles. The van der Waals surface area contributed by atoms with Gasteiger partial charge in [-0.05, 0) is 42.0 Å². The zero-order chi connectivity index (χ0) is 26.3. The molecule has 3 aromatic rings. The predicted molar refractivity (Wildman–Crippen MR) is 132 cm³/mol. The molecule has 2 aliphatic rings. The second kappa shape index (κ2) is 9.43. The minimum absolute atomic E-state index is 0.148. The molecule has 2 saturated heterocycles. The second-order valence-electron chi connectivity index (χ2n) is 8.40. The van der Waals surface area contributed by atoms with E-state index in [4.69, 9.17) is 19.0 Å². The van der Waals surface area contributed by atoms with Gasteiger partial charge in [-0.1, -0.05) is 18.2 Å². The Balaban J connectivity index is 1.61. The number of nitro groups is 1. The Labute approximate surface area is 211 Å². The number of amides is 2. The quantitative estimate of drug-likeness (QED) is 0.269. The Morgan fingerprint density at radius 3 is 2.00 bits per heavy atom. The number of fused-ring (bicyclic) bond motifs is 1. The van der Waals surface area contributed by atoms with Crippen molar-refractivity contribution in [1.29, 1.82) is 0 Å². The number of para-hydroxylation sites is 1. The Morgan fingerprint density at radius 2 is 1.46 bits per heavy atom. The van der Waals surface area contributed by atoms with E-state index in [1.807, 2.05) is 30.3 Å². The minimum atomic E-state index is -1.10. The number of hydroxylamine groups is 1. The van der Waals surface area contributed by atoms with Crippen molar-refractivity contribution in [2.45, 2.75) is 12.1 Å². The van der Waals surface area contributed by atoms with E-state index in [9.17, 15) is 19.7 Å². The van der Waals surface area contributed by atoms with Crippen molar-refractivity contribution in [3.8, 4) is 17.2 Å². The maximum Gasteiger partial charge on any atom is 0.269 e. The van der Waals surface area contributed by atoms with Crippen LogP contribution in [0.3, 0.4) is 0 Å². The lowest BCUT2D eigenvalue weighted by molar-refractivity contribution is -0.384. The van der Waals surface area contributed by atoms with Crippen molar-refractivity contribution in [2.24, 2.45) is 5.92 Å². The third-order valence-electron chi connectivity index (χ3n) is 6.47. The summed E-state index contributed by atoms with van der Waals surface area (Å²) in [4.78, 5) is 44.9. The maximum absolute atomic E-state index is 13.8. The number of hydrogen-bond donors (Lipinski definition) is 0. The molecular formula is C26H23N3O8. The average Bonchev–Trinajstić information content (AvgIpc) is 3.43. The van der Waals surface area contributed by atoms with Crippen LogP contribution in [0.4, 0.5) is 17.1 Å². The molecule has 3 atom stereocenters. The molecule has 37 heavy (non-hydrogen) atoms. The third kappa shape index (κ3) is 3.89. The van der Waals surface area contributed by atoms with Crippen LogP contribution in [-0.2, 0) is 14.4 Å². The van der Waals surface area contributed by atoms with E-state index in [1.165, 1.54) is 45.6 Å². The number of hydrogen-bond acceptors (Lipinski definition) is 9. The number of nitrogens with zero attached hydrogens (tertiary/aromatic N) is 3. The molecule has 11 nitrogen and oxygen atoms in total. The number of ether oxygens (including phenoxy) is 3. The van der Waals surface area contributed by atoms with Crippen LogP contribution in [0.2, 0.25) is 0 Å². The minimum Gasteiger partial charge on any atom is -0.493 e. The lowest BCUT2D eigenvalue weighted by atomic mass is 9.90. The van der Waals surface area contributed by atoms with Gasteiger partial charge < -0.3 is 14.2 Å². The third-order valence-corrected chi connectivity index (χ3v) is 6.47. The molecule has 0 aromatic heterocycles. The van der Waals surface area contributed by atoms with Crippen molar-refractivity contribution in [2.75, 3.05) is 31.3 Å². The lowest BCUT2D eigenvalue weighted by Gasteiger charge is -2.29. The van der Waals surface area contributed by atoms with Gasteiger partial charge in [0, 0.05) is 12.1 Å². The molecule has 0 saturated carbocycles. The number of imide groups is 1. The Bertz CT molecular complexity index is 1340. The fourth-order valence-corrected chi connectivity index (χ4v) is 4.80. The van der Waals surface area contributed by atoms with Gasteiger partial charge in [-0.3, -0.25) is 24.5 Å². The van der Waals surface area contributed by atoms with E-state index < -0.39 is 34.8 Å². The highest BCUT2D eigenvalue weighted by atomic mass is 16.7. The summed E-state index contributed by atoms with van der Waals surface area (Å²) in [7, 11) is 4.47. The first-order chi connectivity index (χ1) is 17.9. The molecule has 0 aliphatic carbocycles. The number of anilines is 2. The number of benzene rings is 3. The van der Waals surface area contributed by atoms with E-state index in [2.05, 4.69) is 0 Å². The van der Waals surface area contributed by atoms with Crippen LogP contribution in [0, 0.1) is 16.0 Å². The van der Waals surface area contributed by atoms with Crippen molar-refractivity contribution in [3.63, 3.8) is 0 Å². The van der Waals surface area contributed by atoms with Gasteiger partial charge in [-0.25, -0.2) is 9.96 Å². The van der Waals surface area contributed by atoms with Crippen LogP contribution in [0.25, 0.3) is 0 Å². The van der Waals surface area contributed by atoms with Crippen molar-refractivity contribution >= 4 is 28.9 Å². The zero-order valence-corrected chi connectivity index (χ0v) is 20.2. The van der Waals surface area contributed by atoms with Crippen molar-refractivity contribution in [3.05, 3.63) is 82.4 Å². The van der Waals surface area contributed by atoms with Crippen LogP contribution >= 0.6 is 0 Å². The van der Waals surface area contributed by atoms with E-state index >= 15 is 0 Å². The molecular weight excluding hydrogens is 482 g/mol. The van der Waals surface area contributed by atoms with Gasteiger partial charge in [0.05, 0.1) is 43.7 Å². The van der Waals surface area contributed by atoms with E-state index in [0.29, 0.717) is 28.5 Å². The van der Waals surface area contributed by atoms with Gasteiger partial charge in [0.1, 0.15) is 5.92 Å². The van der Waals surface area contributed by atoms with Crippen molar-refractivity contribution < 1.29 is 33.6 Å². The first-order valence-electron chi connectivity index (χ1n) is 11.3. The number of nitro benzene ring substituents is 1. The molecule has 2 amide bonds. The topological polar surface area (TPSA) is 121 Å². The largest absolute Gasteiger partial charge is 0.493 e. The summed E-state index contributed by atoms with van der Waals surface area (Å²) in [5, 5.41) is 12.6. The normalized spacial score (nSPS) is 20.7. The summed E-state index contributed by atoms with van der Waals surface area (Å²) in [6, 6.07) is 17.1. The highest BCUT2D eigenvalue weighted by Gasteiger charge is 2.60. The van der Waals surface area contributed by atoms with Gasteiger partial charge >= 0.3 is 0 Å². The number of carbonyl (C=O) groups excluding carboxylic acids is 2. The molecule has 0 spiro atoms. The van der Waals surface area contributed by atoms with E-state index in [1.54, 1.807) is 17.2 Å². The molecule has 190 valence electrons. The second-order valence-corrected chi connectivity index (χ2v) is 8.40.